The standard InChI is InChI=1S/C24H31N3O3/c1-18(2)19-9-11-21(12-10-19)26-24(29)23(28)25-13-6-14-27-15-16-30-22(17-27)20-7-4-3-5-8-20/h3-5,7-12,18,22H,6,13-17H2,1-2H3,(H,25,28)(H,26,29). The Labute approximate surface area is 178 Å². The summed E-state index contributed by atoms with van der Waals surface area (Å²) in [5.74, 6) is -0.817. The van der Waals surface area contributed by atoms with Crippen LogP contribution in [0.1, 0.15) is 43.4 Å². The van der Waals surface area contributed by atoms with Crippen molar-refractivity contribution >= 4 is 17.5 Å². The van der Waals surface area contributed by atoms with Gasteiger partial charge in [0.25, 0.3) is 0 Å². The van der Waals surface area contributed by atoms with Gasteiger partial charge in [0.05, 0.1) is 12.7 Å². The van der Waals surface area contributed by atoms with E-state index < -0.39 is 11.8 Å². The lowest BCUT2D eigenvalue weighted by atomic mass is 10.0. The zero-order chi connectivity index (χ0) is 21.3. The van der Waals surface area contributed by atoms with Gasteiger partial charge in [-0.3, -0.25) is 14.5 Å². The van der Waals surface area contributed by atoms with Crippen LogP contribution in [0.5, 0.6) is 0 Å². The second-order valence-corrected chi connectivity index (χ2v) is 7.91. The van der Waals surface area contributed by atoms with Gasteiger partial charge in [0, 0.05) is 31.9 Å². The quantitative estimate of drug-likeness (QED) is 0.544. The molecule has 3 rings (SSSR count). The lowest BCUT2D eigenvalue weighted by Gasteiger charge is -2.33. The molecular weight excluding hydrogens is 378 g/mol. The van der Waals surface area contributed by atoms with Crippen molar-refractivity contribution in [1.82, 2.24) is 10.2 Å². The molecule has 0 radical (unpaired) electrons. The van der Waals surface area contributed by atoms with E-state index in [1.165, 1.54) is 11.1 Å². The summed E-state index contributed by atoms with van der Waals surface area (Å²) in [5.41, 5.74) is 3.00. The molecule has 2 aromatic carbocycles. The van der Waals surface area contributed by atoms with E-state index in [0.717, 1.165) is 26.1 Å². The molecule has 160 valence electrons. The largest absolute Gasteiger partial charge is 0.371 e. The maximum atomic E-state index is 12.1. The van der Waals surface area contributed by atoms with Crippen molar-refractivity contribution in [3.63, 3.8) is 0 Å². The van der Waals surface area contributed by atoms with Gasteiger partial charge in [-0.05, 0) is 35.6 Å². The SMILES string of the molecule is CC(C)c1ccc(NC(=O)C(=O)NCCCN2CCOC(c3ccccc3)C2)cc1. The Morgan fingerprint density at radius 1 is 1.07 bits per heavy atom. The number of carbonyl (C=O) groups is 2. The summed E-state index contributed by atoms with van der Waals surface area (Å²) in [5, 5.41) is 5.35. The van der Waals surface area contributed by atoms with Crippen molar-refractivity contribution in [2.24, 2.45) is 0 Å². The first-order chi connectivity index (χ1) is 14.5. The van der Waals surface area contributed by atoms with Gasteiger partial charge < -0.3 is 15.4 Å². The molecule has 0 aromatic heterocycles. The third-order valence-electron chi connectivity index (χ3n) is 5.30. The van der Waals surface area contributed by atoms with Crippen LogP contribution in [-0.4, -0.2) is 49.5 Å². The van der Waals surface area contributed by atoms with E-state index in [-0.39, 0.29) is 6.10 Å². The molecule has 0 bridgehead atoms. The molecule has 6 nitrogen and oxygen atoms in total. The molecule has 1 aliphatic heterocycles. The smallest absolute Gasteiger partial charge is 0.313 e. The highest BCUT2D eigenvalue weighted by Crippen LogP contribution is 2.21. The molecule has 2 aromatic rings. The van der Waals surface area contributed by atoms with E-state index in [9.17, 15) is 9.59 Å². The zero-order valence-electron chi connectivity index (χ0n) is 17.8. The lowest BCUT2D eigenvalue weighted by Crippen LogP contribution is -2.41. The molecule has 2 amide bonds. The first kappa shape index (κ1) is 22.0. The molecule has 30 heavy (non-hydrogen) atoms. The lowest BCUT2D eigenvalue weighted by molar-refractivity contribution is -0.136. The second-order valence-electron chi connectivity index (χ2n) is 7.91. The van der Waals surface area contributed by atoms with Gasteiger partial charge in [0.2, 0.25) is 0 Å². The fourth-order valence-electron chi connectivity index (χ4n) is 3.50. The average molecular weight is 410 g/mol. The van der Waals surface area contributed by atoms with E-state index >= 15 is 0 Å². The van der Waals surface area contributed by atoms with Crippen LogP contribution in [0.25, 0.3) is 0 Å². The summed E-state index contributed by atoms with van der Waals surface area (Å²) in [4.78, 5) is 26.5. The number of rotatable bonds is 7. The molecule has 6 heteroatoms. The fourth-order valence-corrected chi connectivity index (χ4v) is 3.50. The van der Waals surface area contributed by atoms with Gasteiger partial charge in [-0.1, -0.05) is 56.3 Å². The maximum absolute atomic E-state index is 12.1. The number of ether oxygens (including phenoxy) is 1. The maximum Gasteiger partial charge on any atom is 0.313 e. The zero-order valence-corrected chi connectivity index (χ0v) is 17.8. The predicted octanol–water partition coefficient (Wildman–Crippen LogP) is 3.33. The monoisotopic (exact) mass is 409 g/mol. The molecule has 0 saturated carbocycles. The Bertz CT molecular complexity index is 821. The Morgan fingerprint density at radius 3 is 2.50 bits per heavy atom. The van der Waals surface area contributed by atoms with Gasteiger partial charge in [-0.2, -0.15) is 0 Å². The van der Waals surface area contributed by atoms with Crippen molar-refractivity contribution in [3.05, 3.63) is 65.7 Å². The summed E-state index contributed by atoms with van der Waals surface area (Å²) >= 11 is 0. The fraction of sp³-hybridized carbons (Fsp3) is 0.417. The van der Waals surface area contributed by atoms with E-state index in [1.807, 2.05) is 42.5 Å². The number of benzene rings is 2. The van der Waals surface area contributed by atoms with Gasteiger partial charge in [-0.15, -0.1) is 0 Å². The predicted molar refractivity (Wildman–Crippen MR) is 118 cm³/mol. The van der Waals surface area contributed by atoms with Gasteiger partial charge in [-0.25, -0.2) is 0 Å². The van der Waals surface area contributed by atoms with E-state index in [4.69, 9.17) is 4.74 Å². The van der Waals surface area contributed by atoms with Crippen molar-refractivity contribution in [2.45, 2.75) is 32.3 Å². The number of carbonyl (C=O) groups excluding carboxylic acids is 2. The minimum absolute atomic E-state index is 0.0856. The summed E-state index contributed by atoms with van der Waals surface area (Å²) < 4.78 is 5.88. The summed E-state index contributed by atoms with van der Waals surface area (Å²) in [6.45, 7) is 7.95. The van der Waals surface area contributed by atoms with Crippen LogP contribution in [-0.2, 0) is 14.3 Å². The van der Waals surface area contributed by atoms with Crippen molar-refractivity contribution < 1.29 is 14.3 Å². The Hall–Kier alpha value is -2.70. The van der Waals surface area contributed by atoms with Crippen molar-refractivity contribution in [1.29, 1.82) is 0 Å². The highest BCUT2D eigenvalue weighted by Gasteiger charge is 2.21. The van der Waals surface area contributed by atoms with Crippen LogP contribution in [0.2, 0.25) is 0 Å². The van der Waals surface area contributed by atoms with Crippen LogP contribution in [0.3, 0.4) is 0 Å². The molecule has 0 aliphatic carbocycles. The third-order valence-corrected chi connectivity index (χ3v) is 5.30. The van der Waals surface area contributed by atoms with Crippen LogP contribution < -0.4 is 10.6 Å². The van der Waals surface area contributed by atoms with E-state index in [0.29, 0.717) is 24.8 Å². The van der Waals surface area contributed by atoms with E-state index in [1.54, 1.807) is 0 Å². The summed E-state index contributed by atoms with van der Waals surface area (Å²) in [6.07, 6.45) is 0.867. The summed E-state index contributed by atoms with van der Waals surface area (Å²) in [6, 6.07) is 17.8. The Morgan fingerprint density at radius 2 is 1.80 bits per heavy atom. The number of amides is 2. The topological polar surface area (TPSA) is 70.7 Å². The molecule has 1 heterocycles. The molecule has 1 unspecified atom stereocenters. The minimum Gasteiger partial charge on any atom is -0.371 e. The van der Waals surface area contributed by atoms with Crippen LogP contribution in [0.4, 0.5) is 5.69 Å². The van der Waals surface area contributed by atoms with Crippen LogP contribution in [0, 0.1) is 0 Å². The number of anilines is 1. The second kappa shape index (κ2) is 10.9. The first-order valence-electron chi connectivity index (χ1n) is 10.6. The number of nitrogens with one attached hydrogen (secondary N) is 2. The molecule has 1 atom stereocenters. The third kappa shape index (κ3) is 6.40. The highest BCUT2D eigenvalue weighted by molar-refractivity contribution is 6.39. The van der Waals surface area contributed by atoms with Crippen LogP contribution in [0.15, 0.2) is 54.6 Å². The highest BCUT2D eigenvalue weighted by atomic mass is 16.5. The van der Waals surface area contributed by atoms with Crippen molar-refractivity contribution in [3.8, 4) is 0 Å². The minimum atomic E-state index is -0.636. The number of hydrogen-bond donors (Lipinski definition) is 2. The average Bonchev–Trinajstić information content (AvgIpc) is 2.77. The molecule has 1 saturated heterocycles. The number of nitrogens with zero attached hydrogens (tertiary/aromatic N) is 1. The first-order valence-corrected chi connectivity index (χ1v) is 10.6. The van der Waals surface area contributed by atoms with Crippen molar-refractivity contribution in [2.75, 3.05) is 38.1 Å². The number of morpholine rings is 1. The number of hydrogen-bond acceptors (Lipinski definition) is 4. The molecule has 1 aliphatic rings. The molecule has 2 N–H and O–H groups in total. The summed E-state index contributed by atoms with van der Waals surface area (Å²) in [7, 11) is 0. The molecule has 1 fully saturated rings. The van der Waals surface area contributed by atoms with Gasteiger partial charge in [0.1, 0.15) is 0 Å². The van der Waals surface area contributed by atoms with E-state index in [2.05, 4.69) is 41.5 Å². The van der Waals surface area contributed by atoms with Gasteiger partial charge in [0.15, 0.2) is 0 Å². The Kier molecular flexibility index (Phi) is 7.99. The van der Waals surface area contributed by atoms with Gasteiger partial charge >= 0.3 is 11.8 Å². The van der Waals surface area contributed by atoms with Crippen LogP contribution >= 0.6 is 0 Å². The molecular formula is C24H31N3O3. The normalized spacial score (nSPS) is 17.0. The molecule has 0 spiro atoms. The Balaban J connectivity index is 1.36.